The van der Waals surface area contributed by atoms with E-state index in [-0.39, 0.29) is 0 Å². The minimum atomic E-state index is -0.902. The predicted octanol–water partition coefficient (Wildman–Crippen LogP) is 3.84. The Labute approximate surface area is 119 Å². The maximum Gasteiger partial charge on any atom is 0.338 e. The summed E-state index contributed by atoms with van der Waals surface area (Å²) < 4.78 is 0.622. The maximum atomic E-state index is 11.2. The van der Waals surface area contributed by atoms with Crippen molar-refractivity contribution < 1.29 is 9.90 Å². The number of anilines is 1. The summed E-state index contributed by atoms with van der Waals surface area (Å²) in [7, 11) is 0. The molecule has 1 atom stereocenters. The number of hydrogen-bond donors (Lipinski definition) is 2. The van der Waals surface area contributed by atoms with Gasteiger partial charge in [0.25, 0.3) is 0 Å². The first-order valence-electron chi connectivity index (χ1n) is 6.06. The molecule has 0 radical (unpaired) electrons. The standard InChI is InChI=1S/C13H16BrNO2S/c14-10-5-3-6-11(12(10)13(16)17)15-8-9-4-1-2-7-18-9/h3,5-6,9,15H,1-2,4,7-8H2,(H,16,17). The summed E-state index contributed by atoms with van der Waals surface area (Å²) in [6, 6.07) is 5.43. The molecule has 0 amide bonds. The number of carbonyl (C=O) groups is 1. The fourth-order valence-electron chi connectivity index (χ4n) is 2.08. The molecule has 1 aliphatic rings. The molecule has 0 saturated carbocycles. The molecule has 1 aliphatic heterocycles. The van der Waals surface area contributed by atoms with E-state index >= 15 is 0 Å². The van der Waals surface area contributed by atoms with Crippen molar-refractivity contribution in [2.45, 2.75) is 24.5 Å². The summed E-state index contributed by atoms with van der Waals surface area (Å²) in [5, 5.41) is 13.1. The zero-order valence-electron chi connectivity index (χ0n) is 9.99. The van der Waals surface area contributed by atoms with Gasteiger partial charge in [-0.2, -0.15) is 11.8 Å². The topological polar surface area (TPSA) is 49.3 Å². The highest BCUT2D eigenvalue weighted by atomic mass is 79.9. The Morgan fingerprint density at radius 2 is 2.33 bits per heavy atom. The van der Waals surface area contributed by atoms with Gasteiger partial charge in [0.2, 0.25) is 0 Å². The van der Waals surface area contributed by atoms with Crippen LogP contribution in [0.3, 0.4) is 0 Å². The van der Waals surface area contributed by atoms with Crippen LogP contribution in [0.15, 0.2) is 22.7 Å². The fraction of sp³-hybridized carbons (Fsp3) is 0.462. The molecule has 1 fully saturated rings. The van der Waals surface area contributed by atoms with E-state index in [0.717, 1.165) is 6.54 Å². The van der Waals surface area contributed by atoms with Crippen LogP contribution in [0.5, 0.6) is 0 Å². The molecule has 0 aliphatic carbocycles. The highest BCUT2D eigenvalue weighted by Gasteiger charge is 2.17. The van der Waals surface area contributed by atoms with Crippen molar-refractivity contribution >= 4 is 39.3 Å². The largest absolute Gasteiger partial charge is 0.478 e. The van der Waals surface area contributed by atoms with Gasteiger partial charge in [0.05, 0.1) is 5.56 Å². The van der Waals surface area contributed by atoms with Gasteiger partial charge in [-0.05, 0) is 46.7 Å². The highest BCUT2D eigenvalue weighted by molar-refractivity contribution is 9.10. The first kappa shape index (κ1) is 13.7. The summed E-state index contributed by atoms with van der Waals surface area (Å²) in [5.74, 6) is 0.317. The van der Waals surface area contributed by atoms with Crippen LogP contribution in [0.1, 0.15) is 29.6 Å². The van der Waals surface area contributed by atoms with Crippen molar-refractivity contribution in [3.8, 4) is 0 Å². The Morgan fingerprint density at radius 1 is 1.50 bits per heavy atom. The Bertz CT molecular complexity index is 433. The molecule has 1 aromatic rings. The smallest absolute Gasteiger partial charge is 0.338 e. The van der Waals surface area contributed by atoms with Crippen molar-refractivity contribution in [2.24, 2.45) is 0 Å². The number of carboxylic acid groups (broad SMARTS) is 1. The molecule has 2 N–H and O–H groups in total. The van der Waals surface area contributed by atoms with Crippen LogP contribution < -0.4 is 5.32 Å². The maximum absolute atomic E-state index is 11.2. The van der Waals surface area contributed by atoms with E-state index in [2.05, 4.69) is 21.2 Å². The van der Waals surface area contributed by atoms with Gasteiger partial charge in [0, 0.05) is 22.0 Å². The van der Waals surface area contributed by atoms with E-state index in [9.17, 15) is 9.90 Å². The van der Waals surface area contributed by atoms with Crippen molar-refractivity contribution in [3.05, 3.63) is 28.2 Å². The molecule has 1 unspecified atom stereocenters. The lowest BCUT2D eigenvalue weighted by molar-refractivity contribution is 0.0697. The number of nitrogens with one attached hydrogen (secondary N) is 1. The van der Waals surface area contributed by atoms with E-state index in [0.29, 0.717) is 21.0 Å². The van der Waals surface area contributed by atoms with Gasteiger partial charge >= 0.3 is 5.97 Å². The zero-order valence-corrected chi connectivity index (χ0v) is 12.4. The number of benzene rings is 1. The van der Waals surface area contributed by atoms with Gasteiger partial charge in [-0.25, -0.2) is 4.79 Å². The number of hydrogen-bond acceptors (Lipinski definition) is 3. The third-order valence-corrected chi connectivity index (χ3v) is 5.08. The average Bonchev–Trinajstić information content (AvgIpc) is 2.37. The molecule has 1 saturated heterocycles. The third kappa shape index (κ3) is 3.42. The lowest BCUT2D eigenvalue weighted by Crippen LogP contribution is -2.21. The van der Waals surface area contributed by atoms with Crippen LogP contribution in [0.25, 0.3) is 0 Å². The molecule has 5 heteroatoms. The first-order valence-corrected chi connectivity index (χ1v) is 7.90. The zero-order chi connectivity index (χ0) is 13.0. The first-order chi connectivity index (χ1) is 8.68. The quantitative estimate of drug-likeness (QED) is 0.880. The predicted molar refractivity (Wildman–Crippen MR) is 79.7 cm³/mol. The molecule has 1 heterocycles. The number of halogens is 1. The average molecular weight is 330 g/mol. The van der Waals surface area contributed by atoms with Crippen molar-refractivity contribution in [3.63, 3.8) is 0 Å². The normalized spacial score (nSPS) is 19.5. The van der Waals surface area contributed by atoms with Crippen LogP contribution in [-0.2, 0) is 0 Å². The molecule has 0 spiro atoms. The van der Waals surface area contributed by atoms with Crippen molar-refractivity contribution in [1.82, 2.24) is 0 Å². The van der Waals surface area contributed by atoms with Crippen LogP contribution in [0.2, 0.25) is 0 Å². The SMILES string of the molecule is O=C(O)c1c(Br)cccc1NCC1CCCCS1. The van der Waals surface area contributed by atoms with Crippen LogP contribution in [0.4, 0.5) is 5.69 Å². The highest BCUT2D eigenvalue weighted by Crippen LogP contribution is 2.28. The minimum Gasteiger partial charge on any atom is -0.478 e. The monoisotopic (exact) mass is 329 g/mol. The Balaban J connectivity index is 2.04. The van der Waals surface area contributed by atoms with E-state index in [4.69, 9.17) is 0 Å². The Kier molecular flexibility index (Phi) is 4.95. The van der Waals surface area contributed by atoms with Gasteiger partial charge in [0.15, 0.2) is 0 Å². The van der Waals surface area contributed by atoms with E-state index < -0.39 is 5.97 Å². The summed E-state index contributed by atoms with van der Waals surface area (Å²) in [4.78, 5) is 11.2. The second-order valence-electron chi connectivity index (χ2n) is 4.34. The lowest BCUT2D eigenvalue weighted by atomic mass is 10.1. The van der Waals surface area contributed by atoms with E-state index in [1.807, 2.05) is 23.9 Å². The van der Waals surface area contributed by atoms with Gasteiger partial charge in [-0.3, -0.25) is 0 Å². The molecule has 18 heavy (non-hydrogen) atoms. The number of aromatic carboxylic acids is 1. The third-order valence-electron chi connectivity index (χ3n) is 3.02. The van der Waals surface area contributed by atoms with Gasteiger partial charge in [0.1, 0.15) is 0 Å². The van der Waals surface area contributed by atoms with Gasteiger partial charge in [-0.1, -0.05) is 12.5 Å². The molecule has 3 nitrogen and oxygen atoms in total. The molecule has 2 rings (SSSR count). The number of thioether (sulfide) groups is 1. The van der Waals surface area contributed by atoms with Crippen LogP contribution >= 0.6 is 27.7 Å². The summed E-state index contributed by atoms with van der Waals surface area (Å²) >= 11 is 5.27. The van der Waals surface area contributed by atoms with Crippen molar-refractivity contribution in [1.29, 1.82) is 0 Å². The van der Waals surface area contributed by atoms with Gasteiger partial charge in [-0.15, -0.1) is 0 Å². The molecular weight excluding hydrogens is 314 g/mol. The number of rotatable bonds is 4. The summed E-state index contributed by atoms with van der Waals surface area (Å²) in [5.41, 5.74) is 1.02. The van der Waals surface area contributed by atoms with Gasteiger partial charge < -0.3 is 10.4 Å². The Morgan fingerprint density at radius 3 is 3.00 bits per heavy atom. The summed E-state index contributed by atoms with van der Waals surface area (Å²) in [6.45, 7) is 0.835. The molecule has 0 bridgehead atoms. The molecule has 98 valence electrons. The van der Waals surface area contributed by atoms with Crippen LogP contribution in [0, 0.1) is 0 Å². The molecule has 0 aromatic heterocycles. The molecular formula is C13H16BrNO2S. The second kappa shape index (κ2) is 6.48. The second-order valence-corrected chi connectivity index (χ2v) is 6.60. The minimum absolute atomic E-state index is 0.318. The Hall–Kier alpha value is -0.680. The van der Waals surface area contributed by atoms with Crippen LogP contribution in [-0.4, -0.2) is 28.6 Å². The van der Waals surface area contributed by atoms with Crippen molar-refractivity contribution in [2.75, 3.05) is 17.6 Å². The number of carboxylic acids is 1. The van der Waals surface area contributed by atoms with E-state index in [1.54, 1.807) is 6.07 Å². The van der Waals surface area contributed by atoms with E-state index in [1.165, 1.54) is 25.0 Å². The lowest BCUT2D eigenvalue weighted by Gasteiger charge is -2.22. The summed E-state index contributed by atoms with van der Waals surface area (Å²) in [6.07, 6.45) is 3.80. The molecule has 1 aromatic carbocycles. The fourth-order valence-corrected chi connectivity index (χ4v) is 3.86.